The number of pyridine rings is 1. The van der Waals surface area contributed by atoms with E-state index in [-0.39, 0.29) is 0 Å². The first-order chi connectivity index (χ1) is 11.5. The van der Waals surface area contributed by atoms with E-state index in [0.717, 1.165) is 22.3 Å². The lowest BCUT2D eigenvalue weighted by molar-refractivity contribution is 0.415. The van der Waals surface area contributed by atoms with E-state index < -0.39 is 11.3 Å². The second-order valence-electron chi connectivity index (χ2n) is 5.12. The fourth-order valence-corrected chi connectivity index (χ4v) is 2.67. The van der Waals surface area contributed by atoms with Crippen molar-refractivity contribution in [3.8, 4) is 17.2 Å². The summed E-state index contributed by atoms with van der Waals surface area (Å²) in [6.45, 7) is 1.90. The molecule has 0 amide bonds. The molecule has 0 bridgehead atoms. The SMILES string of the molecule is COc1ccc2c(Oc3ccc(NS(=O)O)cc3)cc(C)nc2c1. The average molecular weight is 344 g/mol. The van der Waals surface area contributed by atoms with Crippen molar-refractivity contribution in [2.24, 2.45) is 0 Å². The molecule has 1 atom stereocenters. The molecule has 124 valence electrons. The van der Waals surface area contributed by atoms with E-state index in [4.69, 9.17) is 14.0 Å². The van der Waals surface area contributed by atoms with E-state index in [1.54, 1.807) is 31.4 Å². The fraction of sp³-hybridized carbons (Fsp3) is 0.118. The lowest BCUT2D eigenvalue weighted by Crippen LogP contribution is -2.01. The van der Waals surface area contributed by atoms with Gasteiger partial charge in [0.25, 0.3) is 11.3 Å². The first-order valence-corrected chi connectivity index (χ1v) is 8.26. The van der Waals surface area contributed by atoms with E-state index in [2.05, 4.69) is 9.71 Å². The van der Waals surface area contributed by atoms with Crippen LogP contribution >= 0.6 is 0 Å². The molecule has 6 nitrogen and oxygen atoms in total. The van der Waals surface area contributed by atoms with Crippen molar-refractivity contribution in [3.05, 3.63) is 54.2 Å². The summed E-state index contributed by atoms with van der Waals surface area (Å²) in [7, 11) is 1.61. The molecule has 0 aliphatic heterocycles. The number of ether oxygens (including phenoxy) is 2. The largest absolute Gasteiger partial charge is 0.497 e. The predicted octanol–water partition coefficient (Wildman–Crippen LogP) is 3.89. The first kappa shape index (κ1) is 16.2. The molecule has 0 aliphatic rings. The van der Waals surface area contributed by atoms with E-state index in [1.807, 2.05) is 31.2 Å². The zero-order valence-corrected chi connectivity index (χ0v) is 14.0. The number of hydrogen-bond acceptors (Lipinski definition) is 4. The first-order valence-electron chi connectivity index (χ1n) is 7.16. The van der Waals surface area contributed by atoms with Gasteiger partial charge < -0.3 is 9.47 Å². The molecule has 2 aromatic carbocycles. The Morgan fingerprint density at radius 3 is 2.46 bits per heavy atom. The molecule has 24 heavy (non-hydrogen) atoms. The number of anilines is 1. The van der Waals surface area contributed by atoms with E-state index in [1.165, 1.54) is 0 Å². The second-order valence-corrected chi connectivity index (χ2v) is 5.82. The van der Waals surface area contributed by atoms with Crippen molar-refractivity contribution < 1.29 is 18.2 Å². The third kappa shape index (κ3) is 3.64. The maximum atomic E-state index is 10.7. The van der Waals surface area contributed by atoms with Crippen LogP contribution in [0.4, 0.5) is 5.69 Å². The summed E-state index contributed by atoms with van der Waals surface area (Å²) in [5, 5.41) is 0.875. The number of methoxy groups -OCH3 is 1. The van der Waals surface area contributed by atoms with Crippen LogP contribution in [0.1, 0.15) is 5.69 Å². The average Bonchev–Trinajstić information content (AvgIpc) is 2.55. The minimum absolute atomic E-state index is 0.531. The number of aromatic nitrogens is 1. The van der Waals surface area contributed by atoms with Gasteiger partial charge in [-0.3, -0.25) is 14.3 Å². The van der Waals surface area contributed by atoms with Crippen LogP contribution < -0.4 is 14.2 Å². The number of aryl methyl sites for hydroxylation is 1. The predicted molar refractivity (Wildman–Crippen MR) is 93.9 cm³/mol. The Hall–Kier alpha value is -2.64. The van der Waals surface area contributed by atoms with Gasteiger partial charge in [0.2, 0.25) is 0 Å². The summed E-state index contributed by atoms with van der Waals surface area (Å²) >= 11 is -2.10. The molecule has 0 spiro atoms. The Morgan fingerprint density at radius 1 is 1.08 bits per heavy atom. The summed E-state index contributed by atoms with van der Waals surface area (Å²) in [4.78, 5) is 4.50. The summed E-state index contributed by atoms with van der Waals surface area (Å²) in [6.07, 6.45) is 0. The molecule has 7 heteroatoms. The van der Waals surface area contributed by atoms with Crippen LogP contribution in [0.3, 0.4) is 0 Å². The van der Waals surface area contributed by atoms with Gasteiger partial charge >= 0.3 is 0 Å². The van der Waals surface area contributed by atoms with Crippen LogP contribution in [0.2, 0.25) is 0 Å². The van der Waals surface area contributed by atoms with Gasteiger partial charge in [-0.05, 0) is 43.3 Å². The normalized spacial score (nSPS) is 12.0. The molecule has 1 aromatic heterocycles. The van der Waals surface area contributed by atoms with Crippen LogP contribution in [0, 0.1) is 6.92 Å². The maximum Gasteiger partial charge on any atom is 0.259 e. The van der Waals surface area contributed by atoms with E-state index in [9.17, 15) is 4.21 Å². The highest BCUT2D eigenvalue weighted by Crippen LogP contribution is 2.32. The Labute approximate surface area is 141 Å². The lowest BCUT2D eigenvalue weighted by atomic mass is 10.1. The summed E-state index contributed by atoms with van der Waals surface area (Å²) in [5.41, 5.74) is 2.15. The number of hydrogen-bond donors (Lipinski definition) is 2. The summed E-state index contributed by atoms with van der Waals surface area (Å²) in [6, 6.07) is 14.3. The van der Waals surface area contributed by atoms with Gasteiger partial charge in [0, 0.05) is 28.9 Å². The summed E-state index contributed by atoms with van der Waals surface area (Å²) < 4.78 is 33.1. The second kappa shape index (κ2) is 6.86. The third-order valence-electron chi connectivity index (χ3n) is 3.39. The highest BCUT2D eigenvalue weighted by Gasteiger charge is 2.08. The molecule has 0 saturated carbocycles. The van der Waals surface area contributed by atoms with Crippen molar-refractivity contribution in [2.75, 3.05) is 11.8 Å². The number of benzene rings is 2. The number of nitrogens with zero attached hydrogens (tertiary/aromatic N) is 1. The van der Waals surface area contributed by atoms with Gasteiger partial charge in [-0.1, -0.05) is 0 Å². The molecule has 0 saturated heterocycles. The molecule has 3 aromatic rings. The molecule has 0 radical (unpaired) electrons. The van der Waals surface area contributed by atoms with Crippen LogP contribution in [0.25, 0.3) is 10.9 Å². The smallest absolute Gasteiger partial charge is 0.259 e. The molecular weight excluding hydrogens is 328 g/mol. The number of rotatable bonds is 5. The van der Waals surface area contributed by atoms with Gasteiger partial charge in [-0.15, -0.1) is 0 Å². The summed E-state index contributed by atoms with van der Waals surface area (Å²) in [5.74, 6) is 2.04. The zero-order chi connectivity index (χ0) is 17.1. The minimum atomic E-state index is -2.10. The molecule has 3 rings (SSSR count). The molecule has 0 aliphatic carbocycles. The Morgan fingerprint density at radius 2 is 1.79 bits per heavy atom. The standard InChI is InChI=1S/C17H16N2O4S/c1-11-9-17(15-8-7-14(22-2)10-16(15)18-11)23-13-5-3-12(4-6-13)19-24(20)21/h3-10,19H,1-2H3,(H,20,21). The quantitative estimate of drug-likeness (QED) is 0.686. The molecule has 0 fully saturated rings. The van der Waals surface area contributed by atoms with Gasteiger partial charge in [0.05, 0.1) is 12.6 Å². The lowest BCUT2D eigenvalue weighted by Gasteiger charge is -2.11. The minimum Gasteiger partial charge on any atom is -0.497 e. The van der Waals surface area contributed by atoms with Crippen LogP contribution in [-0.2, 0) is 11.3 Å². The van der Waals surface area contributed by atoms with Crippen LogP contribution in [-0.4, -0.2) is 20.9 Å². The van der Waals surface area contributed by atoms with Gasteiger partial charge in [-0.25, -0.2) is 4.21 Å². The van der Waals surface area contributed by atoms with E-state index in [0.29, 0.717) is 17.2 Å². The van der Waals surface area contributed by atoms with Gasteiger partial charge in [0.1, 0.15) is 17.2 Å². The highest BCUT2D eigenvalue weighted by atomic mass is 32.2. The highest BCUT2D eigenvalue weighted by molar-refractivity contribution is 7.80. The maximum absolute atomic E-state index is 10.7. The number of fused-ring (bicyclic) bond motifs is 1. The Kier molecular flexibility index (Phi) is 4.64. The van der Waals surface area contributed by atoms with Crippen molar-refractivity contribution in [2.45, 2.75) is 6.92 Å². The van der Waals surface area contributed by atoms with Crippen LogP contribution in [0.5, 0.6) is 17.2 Å². The van der Waals surface area contributed by atoms with Crippen LogP contribution in [0.15, 0.2) is 48.5 Å². The molecule has 2 N–H and O–H groups in total. The Balaban J connectivity index is 1.93. The van der Waals surface area contributed by atoms with Crippen molar-refractivity contribution in [1.29, 1.82) is 0 Å². The topological polar surface area (TPSA) is 80.7 Å². The molecular formula is C17H16N2O4S. The molecule has 1 unspecified atom stereocenters. The Bertz CT molecular complexity index is 897. The van der Waals surface area contributed by atoms with Gasteiger partial charge in [-0.2, -0.15) is 0 Å². The van der Waals surface area contributed by atoms with Crippen molar-refractivity contribution in [3.63, 3.8) is 0 Å². The van der Waals surface area contributed by atoms with E-state index >= 15 is 0 Å². The molecule has 1 heterocycles. The van der Waals surface area contributed by atoms with Crippen molar-refractivity contribution in [1.82, 2.24) is 4.98 Å². The van der Waals surface area contributed by atoms with Crippen molar-refractivity contribution >= 4 is 27.9 Å². The van der Waals surface area contributed by atoms with Gasteiger partial charge in [0.15, 0.2) is 0 Å². The zero-order valence-electron chi connectivity index (χ0n) is 13.1. The number of nitrogens with one attached hydrogen (secondary N) is 1. The fourth-order valence-electron chi connectivity index (χ4n) is 2.33. The third-order valence-corrected chi connectivity index (χ3v) is 3.80. The monoisotopic (exact) mass is 344 g/mol.